The zero-order valence-electron chi connectivity index (χ0n) is 8.55. The van der Waals surface area contributed by atoms with Crippen LogP contribution in [0.4, 0.5) is 0 Å². The molecule has 0 saturated carbocycles. The maximum atomic E-state index is 10.0. The Morgan fingerprint density at radius 1 is 1.07 bits per heavy atom. The molecule has 0 aliphatic carbocycles. The summed E-state index contributed by atoms with van der Waals surface area (Å²) in [6.45, 7) is 3.45. The normalized spacial score (nSPS) is 14.4. The topological polar surface area (TPSA) is 49.7 Å². The Bertz CT molecular complexity index is 289. The molecule has 0 saturated heterocycles. The SMILES string of the molecule is CCP(O)(O)(CC)Oc1ccccc1. The van der Waals surface area contributed by atoms with E-state index in [1.165, 1.54) is 0 Å². The summed E-state index contributed by atoms with van der Waals surface area (Å²) in [5.74, 6) is 0.513. The third-order valence-corrected chi connectivity index (χ3v) is 5.50. The summed E-state index contributed by atoms with van der Waals surface area (Å²) in [6, 6.07) is 8.90. The van der Waals surface area contributed by atoms with Gasteiger partial charge in [0.25, 0.3) is 0 Å². The monoisotopic (exact) mass is 216 g/mol. The minimum atomic E-state index is -3.91. The summed E-state index contributed by atoms with van der Waals surface area (Å²) in [5, 5.41) is 0. The first-order chi connectivity index (χ1) is 6.48. The van der Waals surface area contributed by atoms with E-state index >= 15 is 0 Å². The van der Waals surface area contributed by atoms with Gasteiger partial charge in [0, 0.05) is 0 Å². The van der Waals surface area contributed by atoms with Crippen LogP contribution >= 0.6 is 7.28 Å². The predicted octanol–water partition coefficient (Wildman–Crippen LogP) is 2.39. The van der Waals surface area contributed by atoms with Gasteiger partial charge >= 0.3 is 83.8 Å². The predicted molar refractivity (Wildman–Crippen MR) is 59.5 cm³/mol. The van der Waals surface area contributed by atoms with Crippen molar-refractivity contribution in [2.75, 3.05) is 12.3 Å². The van der Waals surface area contributed by atoms with Gasteiger partial charge in [-0.15, -0.1) is 0 Å². The third kappa shape index (κ3) is 2.68. The molecule has 0 aliphatic rings. The van der Waals surface area contributed by atoms with Gasteiger partial charge < -0.3 is 0 Å². The van der Waals surface area contributed by atoms with Gasteiger partial charge in [0.1, 0.15) is 0 Å². The van der Waals surface area contributed by atoms with E-state index in [2.05, 4.69) is 0 Å². The molecule has 1 aromatic carbocycles. The zero-order valence-corrected chi connectivity index (χ0v) is 9.45. The van der Waals surface area contributed by atoms with E-state index in [4.69, 9.17) is 4.52 Å². The number of hydrogen-bond acceptors (Lipinski definition) is 3. The van der Waals surface area contributed by atoms with E-state index < -0.39 is 7.28 Å². The van der Waals surface area contributed by atoms with Crippen LogP contribution in [0.3, 0.4) is 0 Å². The average Bonchev–Trinajstić information content (AvgIpc) is 2.20. The van der Waals surface area contributed by atoms with Crippen molar-refractivity contribution in [1.29, 1.82) is 0 Å². The molecule has 1 aromatic rings. The maximum absolute atomic E-state index is 10.0. The molecule has 0 atom stereocenters. The number of rotatable bonds is 4. The van der Waals surface area contributed by atoms with Crippen LogP contribution < -0.4 is 4.52 Å². The fraction of sp³-hybridized carbons (Fsp3) is 0.400. The van der Waals surface area contributed by atoms with E-state index in [-0.39, 0.29) is 12.3 Å². The van der Waals surface area contributed by atoms with Crippen LogP contribution in [0.1, 0.15) is 13.8 Å². The van der Waals surface area contributed by atoms with Gasteiger partial charge in [0.2, 0.25) is 0 Å². The van der Waals surface area contributed by atoms with E-state index in [9.17, 15) is 9.79 Å². The van der Waals surface area contributed by atoms with Crippen molar-refractivity contribution in [3.8, 4) is 5.75 Å². The van der Waals surface area contributed by atoms with Gasteiger partial charge in [0.15, 0.2) is 0 Å². The zero-order chi connectivity index (χ0) is 10.7. The molecule has 2 N–H and O–H groups in total. The van der Waals surface area contributed by atoms with Gasteiger partial charge in [-0.05, 0) is 0 Å². The van der Waals surface area contributed by atoms with Gasteiger partial charge in [-0.1, -0.05) is 0 Å². The molecule has 0 aromatic heterocycles. The molecular formula is C10H17O3P. The first-order valence-electron chi connectivity index (χ1n) is 4.74. The Kier molecular flexibility index (Phi) is 3.15. The fourth-order valence-corrected chi connectivity index (χ4v) is 2.39. The summed E-state index contributed by atoms with van der Waals surface area (Å²) >= 11 is 0. The Morgan fingerprint density at radius 3 is 2.00 bits per heavy atom. The van der Waals surface area contributed by atoms with Crippen molar-refractivity contribution in [2.45, 2.75) is 13.8 Å². The molecule has 4 heteroatoms. The number of para-hydroxylation sites is 1. The van der Waals surface area contributed by atoms with E-state index in [0.717, 1.165) is 0 Å². The molecule has 1 rings (SSSR count). The van der Waals surface area contributed by atoms with Crippen LogP contribution in [0.5, 0.6) is 5.75 Å². The Balaban J connectivity index is 2.87. The van der Waals surface area contributed by atoms with Gasteiger partial charge in [-0.25, -0.2) is 0 Å². The van der Waals surface area contributed by atoms with Gasteiger partial charge in [-0.2, -0.15) is 0 Å². The number of benzene rings is 1. The first-order valence-corrected chi connectivity index (χ1v) is 7.17. The number of hydrogen-bond donors (Lipinski definition) is 2. The second-order valence-electron chi connectivity index (χ2n) is 3.34. The Labute approximate surface area is 84.5 Å². The molecule has 80 valence electrons. The quantitative estimate of drug-likeness (QED) is 0.760. The molecular weight excluding hydrogens is 199 g/mol. The summed E-state index contributed by atoms with van der Waals surface area (Å²) in [4.78, 5) is 20.0. The molecule has 0 heterocycles. The molecule has 0 aliphatic heterocycles. The van der Waals surface area contributed by atoms with E-state index in [0.29, 0.717) is 5.75 Å². The second kappa shape index (κ2) is 3.85. The molecule has 0 bridgehead atoms. The van der Waals surface area contributed by atoms with Crippen LogP contribution in [0.25, 0.3) is 0 Å². The van der Waals surface area contributed by atoms with Gasteiger partial charge in [0.05, 0.1) is 0 Å². The van der Waals surface area contributed by atoms with Crippen LogP contribution in [0.2, 0.25) is 0 Å². The van der Waals surface area contributed by atoms with Crippen molar-refractivity contribution < 1.29 is 14.3 Å². The molecule has 3 nitrogen and oxygen atoms in total. The Hall–Kier alpha value is -0.630. The fourth-order valence-electron chi connectivity index (χ4n) is 1.08. The van der Waals surface area contributed by atoms with Crippen molar-refractivity contribution in [3.63, 3.8) is 0 Å². The van der Waals surface area contributed by atoms with E-state index in [1.807, 2.05) is 6.07 Å². The van der Waals surface area contributed by atoms with E-state index in [1.54, 1.807) is 38.1 Å². The summed E-state index contributed by atoms with van der Waals surface area (Å²) < 4.78 is 5.33. The molecule has 0 amide bonds. The summed E-state index contributed by atoms with van der Waals surface area (Å²) in [7, 11) is -3.91. The summed E-state index contributed by atoms with van der Waals surface area (Å²) in [5.41, 5.74) is 0. The van der Waals surface area contributed by atoms with Crippen molar-refractivity contribution in [2.24, 2.45) is 0 Å². The molecule has 0 spiro atoms. The van der Waals surface area contributed by atoms with Crippen LogP contribution in [-0.4, -0.2) is 22.1 Å². The van der Waals surface area contributed by atoms with Crippen molar-refractivity contribution in [1.82, 2.24) is 0 Å². The molecule has 0 radical (unpaired) electrons. The van der Waals surface area contributed by atoms with Crippen LogP contribution in [0, 0.1) is 0 Å². The second-order valence-corrected chi connectivity index (χ2v) is 7.38. The van der Waals surface area contributed by atoms with Gasteiger partial charge in [-0.3, -0.25) is 0 Å². The molecule has 14 heavy (non-hydrogen) atoms. The van der Waals surface area contributed by atoms with Crippen molar-refractivity contribution in [3.05, 3.63) is 30.3 Å². The first kappa shape index (κ1) is 11.4. The standard InChI is InChI=1S/C10H17O3P/c1-3-14(11,12,4-2)13-10-8-6-5-7-9-10/h5-9,11-12H,3-4H2,1-2H3. The molecule has 0 unspecified atom stereocenters. The average molecular weight is 216 g/mol. The van der Waals surface area contributed by atoms with Crippen LogP contribution in [-0.2, 0) is 0 Å². The minimum absolute atomic E-state index is 0.247. The molecule has 0 fully saturated rings. The Morgan fingerprint density at radius 2 is 1.57 bits per heavy atom. The van der Waals surface area contributed by atoms with Crippen molar-refractivity contribution >= 4 is 7.28 Å². The third-order valence-electron chi connectivity index (χ3n) is 2.33. The van der Waals surface area contributed by atoms with Crippen LogP contribution in [0.15, 0.2) is 30.3 Å². The summed E-state index contributed by atoms with van der Waals surface area (Å²) in [6.07, 6.45) is 0.494.